The zero-order valence-corrected chi connectivity index (χ0v) is 10.6. The van der Waals surface area contributed by atoms with Gasteiger partial charge in [-0.15, -0.1) is 0 Å². The predicted molar refractivity (Wildman–Crippen MR) is 74.0 cm³/mol. The highest BCUT2D eigenvalue weighted by Gasteiger charge is 2.09. The molecule has 5 heteroatoms. The molecule has 5 nitrogen and oxygen atoms in total. The van der Waals surface area contributed by atoms with Crippen molar-refractivity contribution >= 4 is 22.7 Å². The summed E-state index contributed by atoms with van der Waals surface area (Å²) in [5, 5.41) is 16.2. The van der Waals surface area contributed by atoms with Crippen LogP contribution in [-0.4, -0.2) is 15.7 Å². The van der Waals surface area contributed by atoms with Crippen molar-refractivity contribution in [2.24, 2.45) is 0 Å². The Morgan fingerprint density at radius 2 is 1.85 bits per heavy atom. The third-order valence-electron chi connectivity index (χ3n) is 3.24. The predicted octanol–water partition coefficient (Wildman–Crippen LogP) is 1.03. The first-order valence-electron chi connectivity index (χ1n) is 6.17. The number of aromatic carboxylic acids is 1. The number of nitrogens with zero attached hydrogens (tertiary/aromatic N) is 2. The van der Waals surface area contributed by atoms with Gasteiger partial charge in [0.1, 0.15) is 0 Å². The topological polar surface area (TPSA) is 84.0 Å². The van der Waals surface area contributed by atoms with Gasteiger partial charge in [0.25, 0.3) is 0 Å². The van der Waals surface area contributed by atoms with E-state index in [1.165, 1.54) is 6.07 Å². The SMILES string of the molecule is Nc1nn(Cc2ccccc2C(=O)[O-])c2ccccc12. The van der Waals surface area contributed by atoms with Crippen LogP contribution in [0.25, 0.3) is 10.9 Å². The molecule has 2 aromatic carbocycles. The zero-order chi connectivity index (χ0) is 14.1. The normalized spacial score (nSPS) is 10.8. The molecule has 0 bridgehead atoms. The van der Waals surface area contributed by atoms with Crippen LogP contribution in [0.4, 0.5) is 5.82 Å². The van der Waals surface area contributed by atoms with Gasteiger partial charge < -0.3 is 15.6 Å². The Labute approximate surface area is 115 Å². The number of nitrogen functional groups attached to an aromatic ring is 1. The van der Waals surface area contributed by atoms with Gasteiger partial charge in [0, 0.05) is 10.9 Å². The number of carbonyl (C=O) groups is 1. The molecule has 0 aliphatic rings. The molecule has 2 N–H and O–H groups in total. The highest BCUT2D eigenvalue weighted by atomic mass is 16.4. The number of hydrogen-bond acceptors (Lipinski definition) is 4. The van der Waals surface area contributed by atoms with Gasteiger partial charge in [-0.1, -0.05) is 36.4 Å². The third kappa shape index (κ3) is 1.99. The van der Waals surface area contributed by atoms with Gasteiger partial charge in [-0.2, -0.15) is 5.10 Å². The zero-order valence-electron chi connectivity index (χ0n) is 10.6. The van der Waals surface area contributed by atoms with Crippen molar-refractivity contribution in [3.8, 4) is 0 Å². The second-order valence-corrected chi connectivity index (χ2v) is 4.50. The van der Waals surface area contributed by atoms with Gasteiger partial charge in [-0.25, -0.2) is 0 Å². The van der Waals surface area contributed by atoms with Crippen LogP contribution in [0.3, 0.4) is 0 Å². The number of fused-ring (bicyclic) bond motifs is 1. The number of rotatable bonds is 3. The summed E-state index contributed by atoms with van der Waals surface area (Å²) in [5.41, 5.74) is 7.55. The van der Waals surface area contributed by atoms with E-state index in [0.29, 0.717) is 17.9 Å². The number of carboxylic acid groups (broad SMARTS) is 1. The maximum Gasteiger partial charge on any atom is 0.153 e. The summed E-state index contributed by atoms with van der Waals surface area (Å²) in [7, 11) is 0. The molecule has 0 saturated heterocycles. The summed E-state index contributed by atoms with van der Waals surface area (Å²) < 4.78 is 1.70. The molecular weight excluding hydrogens is 254 g/mol. The Kier molecular flexibility index (Phi) is 2.87. The molecule has 1 heterocycles. The van der Waals surface area contributed by atoms with Gasteiger partial charge >= 0.3 is 0 Å². The number of aromatic nitrogens is 2. The molecule has 0 unspecified atom stereocenters. The molecule has 0 radical (unpaired) electrons. The van der Waals surface area contributed by atoms with E-state index in [4.69, 9.17) is 5.73 Å². The summed E-state index contributed by atoms with van der Waals surface area (Å²) in [6.45, 7) is 0.335. The number of benzene rings is 2. The lowest BCUT2D eigenvalue weighted by atomic mass is 10.1. The molecule has 0 aliphatic carbocycles. The molecule has 0 aliphatic heterocycles. The number of carboxylic acids is 1. The van der Waals surface area contributed by atoms with E-state index in [1.807, 2.05) is 24.3 Å². The van der Waals surface area contributed by atoms with Gasteiger partial charge in [0.05, 0.1) is 18.0 Å². The molecule has 0 spiro atoms. The lowest BCUT2D eigenvalue weighted by Crippen LogP contribution is -2.24. The Bertz CT molecular complexity index is 793. The smallest absolute Gasteiger partial charge is 0.153 e. The van der Waals surface area contributed by atoms with Crippen LogP contribution in [0.1, 0.15) is 15.9 Å². The van der Waals surface area contributed by atoms with E-state index in [9.17, 15) is 9.90 Å². The van der Waals surface area contributed by atoms with E-state index >= 15 is 0 Å². The first-order valence-corrected chi connectivity index (χ1v) is 6.17. The van der Waals surface area contributed by atoms with Gasteiger partial charge in [-0.05, 0) is 17.7 Å². The van der Waals surface area contributed by atoms with E-state index in [2.05, 4.69) is 5.10 Å². The highest BCUT2D eigenvalue weighted by Crippen LogP contribution is 2.21. The van der Waals surface area contributed by atoms with E-state index in [1.54, 1.807) is 22.9 Å². The standard InChI is InChI=1S/C15H13N3O2/c16-14-12-7-3-4-8-13(12)18(17-14)9-10-5-1-2-6-11(10)15(19)20/h1-8H,9H2,(H2,16,17)(H,19,20)/p-1. The van der Waals surface area contributed by atoms with Crippen LogP contribution in [0.5, 0.6) is 0 Å². The van der Waals surface area contributed by atoms with Gasteiger partial charge in [0.2, 0.25) is 0 Å². The lowest BCUT2D eigenvalue weighted by Gasteiger charge is -2.10. The van der Waals surface area contributed by atoms with Crippen molar-refractivity contribution < 1.29 is 9.90 Å². The molecule has 1 aromatic heterocycles. The van der Waals surface area contributed by atoms with E-state index < -0.39 is 5.97 Å². The first kappa shape index (κ1) is 12.2. The van der Waals surface area contributed by atoms with Crippen molar-refractivity contribution in [1.29, 1.82) is 0 Å². The lowest BCUT2D eigenvalue weighted by molar-refractivity contribution is -0.255. The summed E-state index contributed by atoms with van der Waals surface area (Å²) in [4.78, 5) is 11.1. The fourth-order valence-electron chi connectivity index (χ4n) is 2.29. The van der Waals surface area contributed by atoms with Crippen LogP contribution in [-0.2, 0) is 6.54 Å². The molecule has 20 heavy (non-hydrogen) atoms. The third-order valence-corrected chi connectivity index (χ3v) is 3.24. The molecule has 0 atom stereocenters. The molecule has 0 fully saturated rings. The van der Waals surface area contributed by atoms with Crippen molar-refractivity contribution in [2.45, 2.75) is 6.54 Å². The number of hydrogen-bond donors (Lipinski definition) is 1. The van der Waals surface area contributed by atoms with Crippen molar-refractivity contribution in [3.05, 3.63) is 59.7 Å². The van der Waals surface area contributed by atoms with Crippen LogP contribution >= 0.6 is 0 Å². The Balaban J connectivity index is 2.08. The molecule has 3 rings (SSSR count). The van der Waals surface area contributed by atoms with Crippen molar-refractivity contribution in [1.82, 2.24) is 9.78 Å². The maximum absolute atomic E-state index is 11.1. The van der Waals surface area contributed by atoms with Crippen LogP contribution in [0.15, 0.2) is 48.5 Å². The molecular formula is C15H12N3O2-. The summed E-state index contributed by atoms with van der Waals surface area (Å²) >= 11 is 0. The number of nitrogens with two attached hydrogens (primary N) is 1. The minimum atomic E-state index is -1.19. The van der Waals surface area contributed by atoms with Crippen molar-refractivity contribution in [2.75, 3.05) is 5.73 Å². The van der Waals surface area contributed by atoms with E-state index in [0.717, 1.165) is 10.9 Å². The molecule has 3 aromatic rings. The largest absolute Gasteiger partial charge is 0.545 e. The first-order chi connectivity index (χ1) is 9.66. The average Bonchev–Trinajstić information content (AvgIpc) is 2.76. The van der Waals surface area contributed by atoms with Crippen LogP contribution in [0.2, 0.25) is 0 Å². The van der Waals surface area contributed by atoms with E-state index in [-0.39, 0.29) is 5.56 Å². The number of carbonyl (C=O) groups excluding carboxylic acids is 1. The van der Waals surface area contributed by atoms with Crippen LogP contribution < -0.4 is 10.8 Å². The minimum absolute atomic E-state index is 0.172. The minimum Gasteiger partial charge on any atom is -0.545 e. The fourth-order valence-corrected chi connectivity index (χ4v) is 2.29. The van der Waals surface area contributed by atoms with Gasteiger partial charge in [-0.3, -0.25) is 4.68 Å². The highest BCUT2D eigenvalue weighted by molar-refractivity contribution is 5.90. The molecule has 0 saturated carbocycles. The maximum atomic E-state index is 11.1. The Morgan fingerprint density at radius 1 is 1.15 bits per heavy atom. The van der Waals surface area contributed by atoms with Crippen LogP contribution in [0, 0.1) is 0 Å². The number of para-hydroxylation sites is 1. The van der Waals surface area contributed by atoms with Gasteiger partial charge in [0.15, 0.2) is 5.82 Å². The molecule has 100 valence electrons. The average molecular weight is 266 g/mol. The molecule has 0 amide bonds. The Hall–Kier alpha value is -2.82. The number of anilines is 1. The summed E-state index contributed by atoms with van der Waals surface area (Å²) in [6.07, 6.45) is 0. The summed E-state index contributed by atoms with van der Waals surface area (Å²) in [6, 6.07) is 14.3. The monoisotopic (exact) mass is 266 g/mol. The second kappa shape index (κ2) is 4.70. The Morgan fingerprint density at radius 3 is 2.65 bits per heavy atom. The fraction of sp³-hybridized carbons (Fsp3) is 0.0667. The van der Waals surface area contributed by atoms with Crippen molar-refractivity contribution in [3.63, 3.8) is 0 Å². The summed E-state index contributed by atoms with van der Waals surface area (Å²) in [5.74, 6) is -0.753. The second-order valence-electron chi connectivity index (χ2n) is 4.50. The quantitative estimate of drug-likeness (QED) is 0.767.